The van der Waals surface area contributed by atoms with E-state index in [1.54, 1.807) is 18.2 Å². The number of halogens is 3. The Morgan fingerprint density at radius 1 is 1.15 bits per heavy atom. The molecule has 2 aromatic rings. The number of hydrogen-bond donors (Lipinski definition) is 1. The highest BCUT2D eigenvalue weighted by Gasteiger charge is 2.17. The molecular formula is C14H11BrF2N2O. The number of carbonyl (C=O) groups excluding carboxylic acids is 1. The van der Waals surface area contributed by atoms with Crippen LogP contribution in [0.25, 0.3) is 0 Å². The molecule has 1 amide bonds. The number of nitrogen functional groups attached to an aromatic ring is 1. The van der Waals surface area contributed by atoms with E-state index in [0.29, 0.717) is 11.4 Å². The maximum Gasteiger partial charge on any atom is 0.258 e. The first-order valence-corrected chi connectivity index (χ1v) is 6.47. The van der Waals surface area contributed by atoms with Crippen LogP contribution in [-0.2, 0) is 0 Å². The van der Waals surface area contributed by atoms with Crippen LogP contribution < -0.4 is 10.6 Å². The lowest BCUT2D eigenvalue weighted by molar-refractivity contribution is 0.0992. The Labute approximate surface area is 123 Å². The normalized spacial score (nSPS) is 10.4. The minimum absolute atomic E-state index is 0.0497. The molecule has 2 aromatic carbocycles. The molecule has 2 N–H and O–H groups in total. The number of benzene rings is 2. The predicted molar refractivity (Wildman–Crippen MR) is 77.6 cm³/mol. The number of anilines is 2. The Hall–Kier alpha value is -1.95. The number of hydrogen-bond acceptors (Lipinski definition) is 2. The van der Waals surface area contributed by atoms with Crippen molar-refractivity contribution in [1.82, 2.24) is 0 Å². The van der Waals surface area contributed by atoms with Gasteiger partial charge in [-0.1, -0.05) is 15.9 Å². The van der Waals surface area contributed by atoms with Crippen LogP contribution in [0.15, 0.2) is 40.9 Å². The molecule has 0 fully saturated rings. The molecule has 0 bridgehead atoms. The van der Waals surface area contributed by atoms with Crippen LogP contribution >= 0.6 is 15.9 Å². The summed E-state index contributed by atoms with van der Waals surface area (Å²) in [5, 5.41) is 0. The largest absolute Gasteiger partial charge is 0.397 e. The third kappa shape index (κ3) is 2.80. The van der Waals surface area contributed by atoms with Crippen LogP contribution in [-0.4, -0.2) is 13.0 Å². The molecule has 0 saturated heterocycles. The maximum atomic E-state index is 13.2. The molecular weight excluding hydrogens is 330 g/mol. The van der Waals surface area contributed by atoms with E-state index in [9.17, 15) is 13.6 Å². The fourth-order valence-corrected chi connectivity index (χ4v) is 2.14. The van der Waals surface area contributed by atoms with Crippen molar-refractivity contribution in [3.63, 3.8) is 0 Å². The monoisotopic (exact) mass is 340 g/mol. The van der Waals surface area contributed by atoms with Gasteiger partial charge in [0.15, 0.2) is 11.6 Å². The highest BCUT2D eigenvalue weighted by atomic mass is 79.9. The smallest absolute Gasteiger partial charge is 0.258 e. The molecule has 0 radical (unpaired) electrons. The molecule has 20 heavy (non-hydrogen) atoms. The summed E-state index contributed by atoms with van der Waals surface area (Å²) in [4.78, 5) is 13.5. The molecule has 0 aliphatic rings. The van der Waals surface area contributed by atoms with Crippen molar-refractivity contribution in [2.24, 2.45) is 0 Å². The lowest BCUT2D eigenvalue weighted by Crippen LogP contribution is -2.27. The first kappa shape index (κ1) is 14.5. The molecule has 0 unspecified atom stereocenters. The van der Waals surface area contributed by atoms with E-state index >= 15 is 0 Å². The van der Waals surface area contributed by atoms with Gasteiger partial charge in [0.2, 0.25) is 0 Å². The molecule has 3 nitrogen and oxygen atoms in total. The fraction of sp³-hybridized carbons (Fsp3) is 0.0714. The van der Waals surface area contributed by atoms with Crippen LogP contribution in [0.5, 0.6) is 0 Å². The summed E-state index contributed by atoms with van der Waals surface area (Å²) in [7, 11) is 1.52. The van der Waals surface area contributed by atoms with Crippen molar-refractivity contribution in [3.8, 4) is 0 Å². The summed E-state index contributed by atoms with van der Waals surface area (Å²) >= 11 is 3.27. The third-order valence-corrected chi connectivity index (χ3v) is 3.32. The van der Waals surface area contributed by atoms with Crippen molar-refractivity contribution in [2.45, 2.75) is 0 Å². The second kappa shape index (κ2) is 5.58. The Morgan fingerprint density at radius 2 is 1.85 bits per heavy atom. The molecule has 0 aliphatic carbocycles. The van der Waals surface area contributed by atoms with E-state index in [-0.39, 0.29) is 5.56 Å². The molecule has 0 heterocycles. The van der Waals surface area contributed by atoms with Gasteiger partial charge < -0.3 is 10.6 Å². The van der Waals surface area contributed by atoms with E-state index < -0.39 is 17.5 Å². The van der Waals surface area contributed by atoms with Crippen molar-refractivity contribution < 1.29 is 13.6 Å². The van der Waals surface area contributed by atoms with Crippen LogP contribution in [0.3, 0.4) is 0 Å². The third-order valence-electron chi connectivity index (χ3n) is 2.82. The lowest BCUT2D eigenvalue weighted by Gasteiger charge is -2.19. The van der Waals surface area contributed by atoms with Crippen LogP contribution in [0.4, 0.5) is 20.2 Å². The average Bonchev–Trinajstić information content (AvgIpc) is 2.40. The van der Waals surface area contributed by atoms with E-state index in [1.165, 1.54) is 18.0 Å². The van der Waals surface area contributed by atoms with Gasteiger partial charge in [-0.2, -0.15) is 0 Å². The Bertz CT molecular complexity index is 676. The van der Waals surface area contributed by atoms with E-state index in [4.69, 9.17) is 5.73 Å². The first-order valence-electron chi connectivity index (χ1n) is 5.68. The van der Waals surface area contributed by atoms with Crippen molar-refractivity contribution >= 4 is 33.2 Å². The zero-order chi connectivity index (χ0) is 14.9. The van der Waals surface area contributed by atoms with Crippen LogP contribution in [0.2, 0.25) is 0 Å². The number of carbonyl (C=O) groups is 1. The fourth-order valence-electron chi connectivity index (χ4n) is 1.76. The Kier molecular flexibility index (Phi) is 4.04. The molecule has 0 aromatic heterocycles. The predicted octanol–water partition coefficient (Wildman–Crippen LogP) is 3.59. The minimum atomic E-state index is -1.06. The van der Waals surface area contributed by atoms with Gasteiger partial charge in [-0.15, -0.1) is 0 Å². The summed E-state index contributed by atoms with van der Waals surface area (Å²) in [6.07, 6.45) is 0. The molecule has 0 atom stereocenters. The van der Waals surface area contributed by atoms with Gasteiger partial charge in [0.1, 0.15) is 0 Å². The topological polar surface area (TPSA) is 46.3 Å². The minimum Gasteiger partial charge on any atom is -0.397 e. The summed E-state index contributed by atoms with van der Waals surface area (Å²) in [5.74, 6) is -2.53. The molecule has 0 spiro atoms. The standard InChI is InChI=1S/C14H11BrF2N2O/c1-19(13-5-3-9(15)7-12(13)18)14(20)8-2-4-10(16)11(17)6-8/h2-7H,18H2,1H3. The molecule has 104 valence electrons. The SMILES string of the molecule is CN(C(=O)c1ccc(F)c(F)c1)c1ccc(Br)cc1N. The molecule has 2 rings (SSSR count). The second-order valence-electron chi connectivity index (χ2n) is 4.20. The van der Waals surface area contributed by atoms with Gasteiger partial charge >= 0.3 is 0 Å². The summed E-state index contributed by atoms with van der Waals surface area (Å²) < 4.78 is 26.8. The first-order chi connectivity index (χ1) is 9.40. The Morgan fingerprint density at radius 3 is 2.45 bits per heavy atom. The zero-order valence-corrected chi connectivity index (χ0v) is 12.1. The summed E-state index contributed by atoms with van der Waals surface area (Å²) in [6, 6.07) is 8.07. The molecule has 6 heteroatoms. The quantitative estimate of drug-likeness (QED) is 0.849. The van der Waals surface area contributed by atoms with Crippen molar-refractivity contribution in [2.75, 3.05) is 17.7 Å². The van der Waals surface area contributed by atoms with Gasteiger partial charge in [0, 0.05) is 17.1 Å². The second-order valence-corrected chi connectivity index (χ2v) is 5.11. The van der Waals surface area contributed by atoms with E-state index in [1.807, 2.05) is 0 Å². The highest BCUT2D eigenvalue weighted by Crippen LogP contribution is 2.27. The van der Waals surface area contributed by atoms with Gasteiger partial charge in [-0.3, -0.25) is 4.79 Å². The maximum absolute atomic E-state index is 13.2. The van der Waals surface area contributed by atoms with Crippen LogP contribution in [0, 0.1) is 11.6 Å². The van der Waals surface area contributed by atoms with Gasteiger partial charge in [-0.05, 0) is 36.4 Å². The highest BCUT2D eigenvalue weighted by molar-refractivity contribution is 9.10. The van der Waals surface area contributed by atoms with E-state index in [2.05, 4.69) is 15.9 Å². The number of nitrogens with zero attached hydrogens (tertiary/aromatic N) is 1. The number of amides is 1. The average molecular weight is 341 g/mol. The van der Waals surface area contributed by atoms with E-state index in [0.717, 1.165) is 16.6 Å². The summed E-state index contributed by atoms with van der Waals surface area (Å²) in [6.45, 7) is 0. The van der Waals surface area contributed by atoms with Crippen molar-refractivity contribution in [3.05, 3.63) is 58.1 Å². The number of rotatable bonds is 2. The molecule has 0 saturated carbocycles. The molecule has 0 aliphatic heterocycles. The van der Waals surface area contributed by atoms with Gasteiger partial charge in [-0.25, -0.2) is 8.78 Å². The van der Waals surface area contributed by atoms with Crippen LogP contribution in [0.1, 0.15) is 10.4 Å². The Balaban J connectivity index is 2.34. The summed E-state index contributed by atoms with van der Waals surface area (Å²) in [5.41, 5.74) is 6.77. The van der Waals surface area contributed by atoms with Crippen molar-refractivity contribution in [1.29, 1.82) is 0 Å². The van der Waals surface area contributed by atoms with Gasteiger partial charge in [0.05, 0.1) is 11.4 Å². The number of nitrogens with two attached hydrogens (primary N) is 1. The van der Waals surface area contributed by atoms with Gasteiger partial charge in [0.25, 0.3) is 5.91 Å². The zero-order valence-electron chi connectivity index (χ0n) is 10.5. The lowest BCUT2D eigenvalue weighted by atomic mass is 10.1.